The number of carbonyl (C=O) groups excluding carboxylic acids is 1. The van der Waals surface area contributed by atoms with E-state index in [1.54, 1.807) is 0 Å². The molecule has 2 fully saturated rings. The van der Waals surface area contributed by atoms with E-state index in [4.69, 9.17) is 4.74 Å². The minimum absolute atomic E-state index is 0.149. The first-order chi connectivity index (χ1) is 13.5. The van der Waals surface area contributed by atoms with Gasteiger partial charge in [0.05, 0.1) is 18.3 Å². The lowest BCUT2D eigenvalue weighted by Crippen LogP contribution is -2.49. The third kappa shape index (κ3) is 3.60. The zero-order valence-corrected chi connectivity index (χ0v) is 17.3. The normalized spacial score (nSPS) is 24.8. The van der Waals surface area contributed by atoms with Crippen molar-refractivity contribution in [2.24, 2.45) is 5.41 Å². The Labute approximate surface area is 167 Å². The van der Waals surface area contributed by atoms with E-state index < -0.39 is 0 Å². The van der Waals surface area contributed by atoms with Crippen molar-refractivity contribution in [3.8, 4) is 0 Å². The van der Waals surface area contributed by atoms with Crippen LogP contribution in [0.3, 0.4) is 0 Å². The Morgan fingerprint density at radius 1 is 1.25 bits per heavy atom. The fourth-order valence-corrected chi connectivity index (χ4v) is 5.27. The Bertz CT molecular complexity index is 859. The van der Waals surface area contributed by atoms with Crippen molar-refractivity contribution in [1.82, 2.24) is 14.7 Å². The first kappa shape index (κ1) is 19.2. The van der Waals surface area contributed by atoms with Crippen LogP contribution in [0.2, 0.25) is 0 Å². The summed E-state index contributed by atoms with van der Waals surface area (Å²) in [5.41, 5.74) is 4.21. The molecule has 0 unspecified atom stereocenters. The number of rotatable bonds is 4. The highest BCUT2D eigenvalue weighted by atomic mass is 16.5. The molecule has 1 aliphatic carbocycles. The fraction of sp³-hybridized carbons (Fsp3) is 0.565. The van der Waals surface area contributed by atoms with Crippen LogP contribution in [-0.4, -0.2) is 46.9 Å². The number of aryl methyl sites for hydroxylation is 2. The fourth-order valence-electron chi connectivity index (χ4n) is 5.27. The standard InChI is InChI=1S/C23H31N3O2/c1-17-13-18(2)26(24-17)15-19-7-4-8-20(14-19)22(27)25-12-6-11-23(16-25)10-5-9-21(23)28-3/h4,7-8,13-14,21H,5-6,9-12,15-16H2,1-3H3/t21-,23-/m1/s1. The molecule has 0 bridgehead atoms. The van der Waals surface area contributed by atoms with Crippen LogP contribution >= 0.6 is 0 Å². The summed E-state index contributed by atoms with van der Waals surface area (Å²) >= 11 is 0. The third-order valence-corrected chi connectivity index (χ3v) is 6.61. The summed E-state index contributed by atoms with van der Waals surface area (Å²) in [4.78, 5) is 15.3. The maximum absolute atomic E-state index is 13.3. The Hall–Kier alpha value is -2.14. The van der Waals surface area contributed by atoms with Crippen LogP contribution in [0.15, 0.2) is 30.3 Å². The van der Waals surface area contributed by atoms with Gasteiger partial charge in [-0.1, -0.05) is 18.6 Å². The number of aromatic nitrogens is 2. The maximum atomic E-state index is 13.3. The molecule has 1 aromatic heterocycles. The molecule has 1 aliphatic heterocycles. The first-order valence-electron chi connectivity index (χ1n) is 10.4. The molecule has 1 aromatic carbocycles. The van der Waals surface area contributed by atoms with Crippen molar-refractivity contribution in [3.05, 3.63) is 52.8 Å². The summed E-state index contributed by atoms with van der Waals surface area (Å²) in [5, 5.41) is 4.54. The number of ether oxygens (including phenoxy) is 1. The molecule has 5 nitrogen and oxygen atoms in total. The monoisotopic (exact) mass is 381 g/mol. The molecule has 1 saturated carbocycles. The van der Waals surface area contributed by atoms with Gasteiger partial charge >= 0.3 is 0 Å². The number of hydrogen-bond donors (Lipinski definition) is 0. The van der Waals surface area contributed by atoms with Crippen LogP contribution in [-0.2, 0) is 11.3 Å². The number of carbonyl (C=O) groups is 1. The van der Waals surface area contributed by atoms with E-state index in [0.717, 1.165) is 48.4 Å². The lowest BCUT2D eigenvalue weighted by atomic mass is 9.76. The van der Waals surface area contributed by atoms with Crippen LogP contribution in [0.4, 0.5) is 0 Å². The van der Waals surface area contributed by atoms with Gasteiger partial charge < -0.3 is 9.64 Å². The molecule has 2 aliphatic rings. The van der Waals surface area contributed by atoms with Gasteiger partial charge in [0, 0.05) is 36.9 Å². The van der Waals surface area contributed by atoms with Gasteiger partial charge in [-0.25, -0.2) is 0 Å². The topological polar surface area (TPSA) is 47.4 Å². The maximum Gasteiger partial charge on any atom is 0.253 e. The molecular weight excluding hydrogens is 350 g/mol. The molecule has 5 heteroatoms. The molecule has 2 atom stereocenters. The second-order valence-corrected chi connectivity index (χ2v) is 8.59. The van der Waals surface area contributed by atoms with Crippen molar-refractivity contribution in [3.63, 3.8) is 0 Å². The zero-order chi connectivity index (χ0) is 19.7. The van der Waals surface area contributed by atoms with E-state index >= 15 is 0 Å². The largest absolute Gasteiger partial charge is 0.381 e. The van der Waals surface area contributed by atoms with Crippen LogP contribution < -0.4 is 0 Å². The number of methoxy groups -OCH3 is 1. The Balaban J connectivity index is 1.51. The van der Waals surface area contributed by atoms with Crippen molar-refractivity contribution in [2.75, 3.05) is 20.2 Å². The number of hydrogen-bond acceptors (Lipinski definition) is 3. The highest BCUT2D eigenvalue weighted by molar-refractivity contribution is 5.94. The minimum Gasteiger partial charge on any atom is -0.381 e. The summed E-state index contributed by atoms with van der Waals surface area (Å²) < 4.78 is 7.79. The van der Waals surface area contributed by atoms with Crippen LogP contribution in [0.25, 0.3) is 0 Å². The smallest absolute Gasteiger partial charge is 0.253 e. The van der Waals surface area contributed by atoms with E-state index in [0.29, 0.717) is 12.6 Å². The Kier molecular flexibility index (Phi) is 5.28. The lowest BCUT2D eigenvalue weighted by molar-refractivity contribution is -0.0295. The SMILES string of the molecule is CO[C@@H]1CCC[C@]12CCCN(C(=O)c1cccc(Cn3nc(C)cc3C)c1)C2. The van der Waals surface area contributed by atoms with Gasteiger partial charge in [-0.2, -0.15) is 5.10 Å². The van der Waals surface area contributed by atoms with Gasteiger partial charge in [0.1, 0.15) is 0 Å². The molecule has 1 saturated heterocycles. The van der Waals surface area contributed by atoms with Crippen LogP contribution in [0.1, 0.15) is 59.4 Å². The van der Waals surface area contributed by atoms with E-state index in [1.807, 2.05) is 36.9 Å². The predicted octanol–water partition coefficient (Wildman–Crippen LogP) is 3.97. The number of benzene rings is 1. The average Bonchev–Trinajstić information content (AvgIpc) is 3.23. The first-order valence-corrected chi connectivity index (χ1v) is 10.4. The summed E-state index contributed by atoms with van der Waals surface area (Å²) in [5.74, 6) is 0.149. The molecule has 28 heavy (non-hydrogen) atoms. The average molecular weight is 382 g/mol. The van der Waals surface area contributed by atoms with Gasteiger partial charge in [-0.3, -0.25) is 9.48 Å². The van der Waals surface area contributed by atoms with Gasteiger partial charge in [-0.05, 0) is 63.3 Å². The van der Waals surface area contributed by atoms with Crippen molar-refractivity contribution in [1.29, 1.82) is 0 Å². The predicted molar refractivity (Wildman–Crippen MR) is 109 cm³/mol. The van der Waals surface area contributed by atoms with Crippen molar-refractivity contribution >= 4 is 5.91 Å². The summed E-state index contributed by atoms with van der Waals surface area (Å²) in [6.07, 6.45) is 6.04. The van der Waals surface area contributed by atoms with E-state index in [-0.39, 0.29) is 11.3 Å². The van der Waals surface area contributed by atoms with E-state index in [9.17, 15) is 4.79 Å². The van der Waals surface area contributed by atoms with Gasteiger partial charge in [0.2, 0.25) is 0 Å². The molecular formula is C23H31N3O2. The van der Waals surface area contributed by atoms with Crippen molar-refractivity contribution < 1.29 is 9.53 Å². The molecule has 2 heterocycles. The van der Waals surface area contributed by atoms with Crippen LogP contribution in [0, 0.1) is 19.3 Å². The number of nitrogens with zero attached hydrogens (tertiary/aromatic N) is 3. The highest BCUT2D eigenvalue weighted by Gasteiger charge is 2.46. The molecule has 150 valence electrons. The Morgan fingerprint density at radius 2 is 2.07 bits per heavy atom. The molecule has 0 radical (unpaired) electrons. The molecule has 2 aromatic rings. The van der Waals surface area contributed by atoms with Gasteiger partial charge in [-0.15, -0.1) is 0 Å². The van der Waals surface area contributed by atoms with Gasteiger partial charge in [0.25, 0.3) is 5.91 Å². The molecule has 1 spiro atoms. The summed E-state index contributed by atoms with van der Waals surface area (Å²) in [6.45, 7) is 6.43. The molecule has 4 rings (SSSR count). The lowest BCUT2D eigenvalue weighted by Gasteiger charge is -2.43. The quantitative estimate of drug-likeness (QED) is 0.805. The number of piperidine rings is 1. The summed E-state index contributed by atoms with van der Waals surface area (Å²) in [7, 11) is 1.82. The number of likely N-dealkylation sites (tertiary alicyclic amines) is 1. The Morgan fingerprint density at radius 3 is 2.82 bits per heavy atom. The van der Waals surface area contributed by atoms with Crippen molar-refractivity contribution in [2.45, 2.75) is 58.6 Å². The zero-order valence-electron chi connectivity index (χ0n) is 17.3. The molecule has 1 amide bonds. The van der Waals surface area contributed by atoms with Gasteiger partial charge in [0.15, 0.2) is 0 Å². The summed E-state index contributed by atoms with van der Waals surface area (Å²) in [6, 6.07) is 10.1. The number of amides is 1. The second-order valence-electron chi connectivity index (χ2n) is 8.59. The highest BCUT2D eigenvalue weighted by Crippen LogP contribution is 2.46. The second kappa shape index (κ2) is 7.70. The van der Waals surface area contributed by atoms with E-state index in [1.165, 1.54) is 19.3 Å². The third-order valence-electron chi connectivity index (χ3n) is 6.61. The molecule has 0 N–H and O–H groups in total. The van der Waals surface area contributed by atoms with E-state index in [2.05, 4.69) is 29.1 Å². The van der Waals surface area contributed by atoms with Crippen LogP contribution in [0.5, 0.6) is 0 Å². The minimum atomic E-state index is 0.149.